The summed E-state index contributed by atoms with van der Waals surface area (Å²) in [4.78, 5) is 25.6. The Morgan fingerprint density at radius 2 is 1.79 bits per heavy atom. The van der Waals surface area contributed by atoms with Gasteiger partial charge in [0, 0.05) is 62.9 Å². The number of carbonyl (C=O) groups excluding carboxylic acids is 1. The molecular formula is C30H40N6O2. The van der Waals surface area contributed by atoms with Gasteiger partial charge in [0.25, 0.3) is 0 Å². The topological polar surface area (TPSA) is 87.3 Å². The van der Waals surface area contributed by atoms with Crippen LogP contribution in [-0.2, 0) is 24.4 Å². The summed E-state index contributed by atoms with van der Waals surface area (Å²) in [5.74, 6) is 0.332. The van der Waals surface area contributed by atoms with Gasteiger partial charge in [-0.3, -0.25) is 9.88 Å². The summed E-state index contributed by atoms with van der Waals surface area (Å²) < 4.78 is 7.77. The van der Waals surface area contributed by atoms with Gasteiger partial charge in [0.05, 0.1) is 23.7 Å². The first-order valence-corrected chi connectivity index (χ1v) is 13.5. The van der Waals surface area contributed by atoms with Crippen molar-refractivity contribution in [2.45, 2.75) is 66.2 Å². The van der Waals surface area contributed by atoms with Crippen molar-refractivity contribution in [3.63, 3.8) is 0 Å². The molecule has 1 unspecified atom stereocenters. The van der Waals surface area contributed by atoms with Crippen molar-refractivity contribution in [1.29, 1.82) is 5.26 Å². The summed E-state index contributed by atoms with van der Waals surface area (Å²) in [7, 11) is 0. The lowest BCUT2D eigenvalue weighted by Crippen LogP contribution is -2.48. The minimum Gasteiger partial charge on any atom is -0.444 e. The van der Waals surface area contributed by atoms with E-state index in [1.807, 2.05) is 48.9 Å². The molecule has 2 aromatic heterocycles. The SMILES string of the molecule is CCC.CCC(C)c1ncccc1COC(=O)N1CCN(Cc2cncn2Cc2ccc(C#N)cc2)CC1. The fraction of sp³-hybridized carbons (Fsp3) is 0.467. The predicted octanol–water partition coefficient (Wildman–Crippen LogP) is 5.58. The van der Waals surface area contributed by atoms with Crippen LogP contribution in [0.3, 0.4) is 0 Å². The maximum Gasteiger partial charge on any atom is 0.410 e. The normalized spacial score (nSPS) is 14.2. The third-order valence-corrected chi connectivity index (χ3v) is 6.61. The Morgan fingerprint density at radius 1 is 1.08 bits per heavy atom. The third-order valence-electron chi connectivity index (χ3n) is 6.61. The predicted molar refractivity (Wildman–Crippen MR) is 148 cm³/mol. The highest BCUT2D eigenvalue weighted by atomic mass is 16.6. The summed E-state index contributed by atoms with van der Waals surface area (Å²) in [5, 5.41) is 8.98. The lowest BCUT2D eigenvalue weighted by molar-refractivity contribution is 0.0692. The fourth-order valence-electron chi connectivity index (χ4n) is 4.26. The van der Waals surface area contributed by atoms with Crippen molar-refractivity contribution in [2.24, 2.45) is 0 Å². The zero-order valence-corrected chi connectivity index (χ0v) is 23.1. The molecule has 1 aromatic carbocycles. The van der Waals surface area contributed by atoms with Crippen LogP contribution in [-0.4, -0.2) is 56.6 Å². The number of pyridine rings is 1. The Balaban J connectivity index is 0.00000127. The number of hydrogen-bond donors (Lipinski definition) is 0. The molecule has 0 saturated carbocycles. The molecule has 3 aromatic rings. The first-order valence-electron chi connectivity index (χ1n) is 13.5. The maximum absolute atomic E-state index is 12.7. The second-order valence-electron chi connectivity index (χ2n) is 9.70. The highest BCUT2D eigenvalue weighted by Crippen LogP contribution is 2.21. The third kappa shape index (κ3) is 8.15. The van der Waals surface area contributed by atoms with Crippen LogP contribution in [0.2, 0.25) is 0 Å². The summed E-state index contributed by atoms with van der Waals surface area (Å²) in [6, 6.07) is 13.7. The number of hydrogen-bond acceptors (Lipinski definition) is 6. The van der Waals surface area contributed by atoms with Gasteiger partial charge in [-0.2, -0.15) is 5.26 Å². The van der Waals surface area contributed by atoms with E-state index < -0.39 is 0 Å². The highest BCUT2D eigenvalue weighted by molar-refractivity contribution is 5.67. The number of nitrogens with zero attached hydrogens (tertiary/aromatic N) is 6. The highest BCUT2D eigenvalue weighted by Gasteiger charge is 2.23. The van der Waals surface area contributed by atoms with Crippen LogP contribution in [0.15, 0.2) is 55.1 Å². The number of rotatable bonds is 8. The molecule has 0 spiro atoms. The van der Waals surface area contributed by atoms with Crippen molar-refractivity contribution in [3.05, 3.63) is 83.2 Å². The molecule has 1 saturated heterocycles. The van der Waals surface area contributed by atoms with Crippen molar-refractivity contribution in [1.82, 2.24) is 24.3 Å². The van der Waals surface area contributed by atoms with Gasteiger partial charge in [-0.1, -0.05) is 52.3 Å². The average Bonchev–Trinajstić information content (AvgIpc) is 3.38. The van der Waals surface area contributed by atoms with E-state index in [4.69, 9.17) is 10.00 Å². The van der Waals surface area contributed by atoms with Gasteiger partial charge in [-0.15, -0.1) is 0 Å². The second-order valence-corrected chi connectivity index (χ2v) is 9.70. The Kier molecular flexibility index (Phi) is 11.3. The van der Waals surface area contributed by atoms with Crippen LogP contribution in [0, 0.1) is 11.3 Å². The first kappa shape index (κ1) is 28.9. The molecule has 1 amide bonds. The molecule has 1 atom stereocenters. The Hall–Kier alpha value is -3.70. The van der Waals surface area contributed by atoms with Crippen LogP contribution < -0.4 is 0 Å². The first-order chi connectivity index (χ1) is 18.5. The lowest BCUT2D eigenvalue weighted by atomic mass is 10.00. The molecule has 1 aliphatic rings. The van der Waals surface area contributed by atoms with E-state index in [2.05, 4.69) is 53.2 Å². The summed E-state index contributed by atoms with van der Waals surface area (Å²) >= 11 is 0. The summed E-state index contributed by atoms with van der Waals surface area (Å²) in [5.41, 5.74) is 4.89. The molecule has 0 N–H and O–H groups in total. The molecule has 3 heterocycles. The molecule has 38 heavy (non-hydrogen) atoms. The van der Waals surface area contributed by atoms with Gasteiger partial charge in [0.15, 0.2) is 0 Å². The number of piperazine rings is 1. The maximum atomic E-state index is 12.7. The molecule has 8 heteroatoms. The minimum atomic E-state index is -0.269. The van der Waals surface area contributed by atoms with Gasteiger partial charge < -0.3 is 14.2 Å². The quantitative estimate of drug-likeness (QED) is 0.388. The fourth-order valence-corrected chi connectivity index (χ4v) is 4.26. The van der Waals surface area contributed by atoms with E-state index in [1.165, 1.54) is 6.42 Å². The van der Waals surface area contributed by atoms with Crippen LogP contribution >= 0.6 is 0 Å². The Labute approximate surface area is 226 Å². The van der Waals surface area contributed by atoms with E-state index >= 15 is 0 Å². The van der Waals surface area contributed by atoms with Gasteiger partial charge in [-0.25, -0.2) is 9.78 Å². The molecule has 4 rings (SSSR count). The molecule has 0 radical (unpaired) electrons. The average molecular weight is 517 g/mol. The molecule has 0 bridgehead atoms. The van der Waals surface area contributed by atoms with E-state index in [1.54, 1.807) is 11.1 Å². The standard InChI is InChI=1S/C27H32N6O2.C3H8/c1-3-21(2)26-24(5-4-10-30-26)19-35-27(34)32-13-11-31(12-14-32)18-25-16-29-20-33(25)17-23-8-6-22(15-28)7-9-23;1-3-2/h4-10,16,20-21H,3,11-14,17-19H2,1-2H3;3H2,1-2H3. The van der Waals surface area contributed by atoms with Crippen LogP contribution in [0.4, 0.5) is 4.79 Å². The Bertz CT molecular complexity index is 1180. The van der Waals surface area contributed by atoms with Crippen molar-refractivity contribution < 1.29 is 9.53 Å². The van der Waals surface area contributed by atoms with Gasteiger partial charge in [0.2, 0.25) is 0 Å². The molecule has 1 aliphatic heterocycles. The number of imidazole rings is 1. The number of ether oxygens (including phenoxy) is 1. The number of nitriles is 1. The number of carbonyl (C=O) groups is 1. The molecule has 1 fully saturated rings. The smallest absolute Gasteiger partial charge is 0.410 e. The van der Waals surface area contributed by atoms with Crippen LogP contribution in [0.25, 0.3) is 0 Å². The van der Waals surface area contributed by atoms with Crippen molar-refractivity contribution >= 4 is 6.09 Å². The second kappa shape index (κ2) is 14.9. The molecule has 8 nitrogen and oxygen atoms in total. The molecule has 202 valence electrons. The Morgan fingerprint density at radius 3 is 2.45 bits per heavy atom. The molecule has 0 aliphatic carbocycles. The van der Waals surface area contributed by atoms with Gasteiger partial charge in [-0.05, 0) is 36.1 Å². The summed E-state index contributed by atoms with van der Waals surface area (Å²) in [6.45, 7) is 13.1. The summed E-state index contributed by atoms with van der Waals surface area (Å²) in [6.07, 6.45) is 7.50. The van der Waals surface area contributed by atoms with Crippen molar-refractivity contribution in [3.8, 4) is 6.07 Å². The zero-order chi connectivity index (χ0) is 27.3. The lowest BCUT2D eigenvalue weighted by Gasteiger charge is -2.34. The monoisotopic (exact) mass is 516 g/mol. The van der Waals surface area contributed by atoms with Crippen LogP contribution in [0.5, 0.6) is 0 Å². The number of aromatic nitrogens is 3. The van der Waals surface area contributed by atoms with Gasteiger partial charge in [0.1, 0.15) is 6.61 Å². The van der Waals surface area contributed by atoms with E-state index in [9.17, 15) is 4.79 Å². The van der Waals surface area contributed by atoms with Crippen LogP contribution in [0.1, 0.15) is 74.5 Å². The van der Waals surface area contributed by atoms with Gasteiger partial charge >= 0.3 is 6.09 Å². The zero-order valence-electron chi connectivity index (χ0n) is 23.1. The number of benzene rings is 1. The van der Waals surface area contributed by atoms with E-state index in [-0.39, 0.29) is 12.7 Å². The van der Waals surface area contributed by atoms with E-state index in [0.717, 1.165) is 48.6 Å². The number of amides is 1. The molecular weight excluding hydrogens is 476 g/mol. The minimum absolute atomic E-state index is 0.251. The largest absolute Gasteiger partial charge is 0.444 e. The van der Waals surface area contributed by atoms with Crippen molar-refractivity contribution in [2.75, 3.05) is 26.2 Å². The van der Waals surface area contributed by atoms with E-state index in [0.29, 0.717) is 31.1 Å².